The van der Waals surface area contributed by atoms with E-state index < -0.39 is 10.8 Å². The fraction of sp³-hybridized carbons (Fsp3) is 0.158. The predicted molar refractivity (Wildman–Crippen MR) is 102 cm³/mol. The average Bonchev–Trinajstić information content (AvgIpc) is 3.14. The largest absolute Gasteiger partial charge is 0.493 e. The van der Waals surface area contributed by atoms with Gasteiger partial charge < -0.3 is 14.8 Å². The predicted octanol–water partition coefficient (Wildman–Crippen LogP) is 3.11. The molecule has 2 aromatic carbocycles. The maximum atomic E-state index is 12.5. The molecule has 0 unspecified atom stereocenters. The molecule has 0 spiro atoms. The van der Waals surface area contributed by atoms with Crippen molar-refractivity contribution in [3.05, 3.63) is 76.0 Å². The van der Waals surface area contributed by atoms with E-state index >= 15 is 0 Å². The van der Waals surface area contributed by atoms with E-state index in [-0.39, 0.29) is 5.69 Å². The van der Waals surface area contributed by atoms with Crippen molar-refractivity contribution in [2.45, 2.75) is 6.54 Å². The standard InChI is InChI=1S/C19H18N4O5/c1-27-16-5-3-4-14(18(16)28-2)12-22-17(10-11-20-22)21-19(24)13-6-8-15(9-7-13)23(25)26/h3-11H,12H2,1-2H3,(H,21,24). The molecule has 1 heterocycles. The van der Waals surface area contributed by atoms with Crippen LogP contribution in [0.25, 0.3) is 0 Å². The lowest BCUT2D eigenvalue weighted by atomic mass is 10.2. The second kappa shape index (κ2) is 8.21. The number of hydrogen-bond donors (Lipinski definition) is 1. The first kappa shape index (κ1) is 18.9. The van der Waals surface area contributed by atoms with Gasteiger partial charge in [-0.05, 0) is 18.2 Å². The zero-order valence-corrected chi connectivity index (χ0v) is 15.3. The fourth-order valence-electron chi connectivity index (χ4n) is 2.73. The number of nitrogens with one attached hydrogen (secondary N) is 1. The minimum absolute atomic E-state index is 0.0771. The number of nitro groups is 1. The maximum Gasteiger partial charge on any atom is 0.269 e. The van der Waals surface area contributed by atoms with Gasteiger partial charge in [0, 0.05) is 29.3 Å². The highest BCUT2D eigenvalue weighted by Gasteiger charge is 2.15. The number of carbonyl (C=O) groups excluding carboxylic acids is 1. The van der Waals surface area contributed by atoms with Crippen LogP contribution in [0.2, 0.25) is 0 Å². The molecule has 0 saturated heterocycles. The Hall–Kier alpha value is -3.88. The van der Waals surface area contributed by atoms with Crippen LogP contribution in [0.1, 0.15) is 15.9 Å². The smallest absolute Gasteiger partial charge is 0.269 e. The molecule has 3 aromatic rings. The normalized spacial score (nSPS) is 10.4. The highest BCUT2D eigenvalue weighted by Crippen LogP contribution is 2.31. The molecule has 0 saturated carbocycles. The quantitative estimate of drug-likeness (QED) is 0.497. The van der Waals surface area contributed by atoms with Crippen LogP contribution in [0.4, 0.5) is 11.5 Å². The van der Waals surface area contributed by atoms with Crippen molar-refractivity contribution < 1.29 is 19.2 Å². The number of non-ortho nitro benzene ring substituents is 1. The number of ether oxygens (including phenoxy) is 2. The van der Waals surface area contributed by atoms with Gasteiger partial charge in [0.1, 0.15) is 5.82 Å². The molecule has 0 bridgehead atoms. The summed E-state index contributed by atoms with van der Waals surface area (Å²) in [6.45, 7) is 0.350. The number of methoxy groups -OCH3 is 2. The molecule has 1 amide bonds. The molecule has 0 radical (unpaired) electrons. The Morgan fingerprint density at radius 2 is 1.89 bits per heavy atom. The topological polar surface area (TPSA) is 109 Å². The molecule has 9 heteroatoms. The summed E-state index contributed by atoms with van der Waals surface area (Å²) >= 11 is 0. The Morgan fingerprint density at radius 3 is 2.54 bits per heavy atom. The lowest BCUT2D eigenvalue weighted by Crippen LogP contribution is -2.16. The van der Waals surface area contributed by atoms with Gasteiger partial charge in [0.25, 0.3) is 11.6 Å². The first-order valence-corrected chi connectivity index (χ1v) is 8.31. The Bertz CT molecular complexity index is 998. The van der Waals surface area contributed by atoms with Crippen LogP contribution in [0.5, 0.6) is 11.5 Å². The Kier molecular flexibility index (Phi) is 5.54. The highest BCUT2D eigenvalue weighted by molar-refractivity contribution is 6.03. The number of amides is 1. The lowest BCUT2D eigenvalue weighted by Gasteiger charge is -2.14. The number of hydrogen-bond acceptors (Lipinski definition) is 6. The summed E-state index contributed by atoms with van der Waals surface area (Å²) in [6, 6.07) is 12.6. The molecular weight excluding hydrogens is 364 g/mol. The molecule has 0 fully saturated rings. The average molecular weight is 382 g/mol. The summed E-state index contributed by atoms with van der Waals surface area (Å²) in [4.78, 5) is 22.7. The summed E-state index contributed by atoms with van der Waals surface area (Å²) in [5.41, 5.74) is 1.06. The van der Waals surface area contributed by atoms with Gasteiger partial charge in [-0.1, -0.05) is 12.1 Å². The van der Waals surface area contributed by atoms with Gasteiger partial charge in [-0.2, -0.15) is 5.10 Å². The number of nitrogens with zero attached hydrogens (tertiary/aromatic N) is 3. The van der Waals surface area contributed by atoms with E-state index in [2.05, 4.69) is 10.4 Å². The van der Waals surface area contributed by atoms with Crippen molar-refractivity contribution in [2.24, 2.45) is 0 Å². The van der Waals surface area contributed by atoms with Gasteiger partial charge in [-0.15, -0.1) is 0 Å². The third kappa shape index (κ3) is 3.93. The zero-order valence-electron chi connectivity index (χ0n) is 15.3. The van der Waals surface area contributed by atoms with E-state index in [0.29, 0.717) is 29.4 Å². The number of benzene rings is 2. The van der Waals surface area contributed by atoms with E-state index in [1.165, 1.54) is 24.3 Å². The highest BCUT2D eigenvalue weighted by atomic mass is 16.6. The second-order valence-electron chi connectivity index (χ2n) is 5.78. The number of carbonyl (C=O) groups is 1. The Labute approximate surface area is 160 Å². The van der Waals surface area contributed by atoms with E-state index in [9.17, 15) is 14.9 Å². The van der Waals surface area contributed by atoms with Crippen molar-refractivity contribution in [1.82, 2.24) is 9.78 Å². The van der Waals surface area contributed by atoms with Gasteiger partial charge in [0.2, 0.25) is 0 Å². The molecule has 0 aliphatic rings. The Morgan fingerprint density at radius 1 is 1.14 bits per heavy atom. The van der Waals surface area contributed by atoms with Gasteiger partial charge in [-0.3, -0.25) is 14.9 Å². The van der Waals surface area contributed by atoms with Crippen LogP contribution in [0.15, 0.2) is 54.7 Å². The van der Waals surface area contributed by atoms with Crippen LogP contribution in [0, 0.1) is 10.1 Å². The second-order valence-corrected chi connectivity index (χ2v) is 5.78. The van der Waals surface area contributed by atoms with Crippen molar-refractivity contribution in [3.8, 4) is 11.5 Å². The molecule has 144 valence electrons. The number of aromatic nitrogens is 2. The SMILES string of the molecule is COc1cccc(Cn2nccc2NC(=O)c2ccc([N+](=O)[O-])cc2)c1OC. The molecule has 0 aliphatic carbocycles. The van der Waals surface area contributed by atoms with Crippen LogP contribution in [-0.2, 0) is 6.54 Å². The van der Waals surface area contributed by atoms with Crippen LogP contribution in [0.3, 0.4) is 0 Å². The van der Waals surface area contributed by atoms with E-state index in [1.54, 1.807) is 37.2 Å². The summed E-state index contributed by atoms with van der Waals surface area (Å²) in [7, 11) is 3.12. The zero-order chi connectivity index (χ0) is 20.1. The fourth-order valence-corrected chi connectivity index (χ4v) is 2.73. The lowest BCUT2D eigenvalue weighted by molar-refractivity contribution is -0.384. The molecule has 0 aliphatic heterocycles. The Balaban J connectivity index is 1.79. The number of anilines is 1. The first-order chi connectivity index (χ1) is 13.5. The summed E-state index contributed by atoms with van der Waals surface area (Å²) in [5.74, 6) is 1.28. The maximum absolute atomic E-state index is 12.5. The van der Waals surface area contributed by atoms with Crippen molar-refractivity contribution in [2.75, 3.05) is 19.5 Å². The van der Waals surface area contributed by atoms with Crippen LogP contribution in [-0.4, -0.2) is 34.8 Å². The third-order valence-corrected chi connectivity index (χ3v) is 4.10. The number of para-hydroxylation sites is 1. The van der Waals surface area contributed by atoms with Gasteiger partial charge in [-0.25, -0.2) is 4.68 Å². The summed E-state index contributed by atoms with van der Waals surface area (Å²) in [6.07, 6.45) is 1.57. The van der Waals surface area contributed by atoms with Gasteiger partial charge in [0.15, 0.2) is 11.5 Å². The molecule has 0 atom stereocenters. The van der Waals surface area contributed by atoms with Gasteiger partial charge in [0.05, 0.1) is 31.9 Å². The van der Waals surface area contributed by atoms with Crippen molar-refractivity contribution >= 4 is 17.4 Å². The van der Waals surface area contributed by atoms with Crippen molar-refractivity contribution in [1.29, 1.82) is 0 Å². The summed E-state index contributed by atoms with van der Waals surface area (Å²) < 4.78 is 12.3. The van der Waals surface area contributed by atoms with Gasteiger partial charge >= 0.3 is 0 Å². The van der Waals surface area contributed by atoms with E-state index in [1.807, 2.05) is 12.1 Å². The molecule has 9 nitrogen and oxygen atoms in total. The van der Waals surface area contributed by atoms with Crippen molar-refractivity contribution in [3.63, 3.8) is 0 Å². The van der Waals surface area contributed by atoms with Crippen LogP contribution < -0.4 is 14.8 Å². The molecule has 3 rings (SSSR count). The minimum Gasteiger partial charge on any atom is -0.493 e. The van der Waals surface area contributed by atoms with E-state index in [0.717, 1.165) is 5.56 Å². The third-order valence-electron chi connectivity index (χ3n) is 4.10. The van der Waals surface area contributed by atoms with Crippen LogP contribution >= 0.6 is 0 Å². The molecule has 1 N–H and O–H groups in total. The number of nitro benzene ring substituents is 1. The monoisotopic (exact) mass is 382 g/mol. The minimum atomic E-state index is -0.516. The summed E-state index contributed by atoms with van der Waals surface area (Å²) in [5, 5.41) is 17.7. The first-order valence-electron chi connectivity index (χ1n) is 8.31. The molecular formula is C19H18N4O5. The molecule has 28 heavy (non-hydrogen) atoms. The van der Waals surface area contributed by atoms with E-state index in [4.69, 9.17) is 9.47 Å². The molecule has 1 aromatic heterocycles. The number of rotatable bonds is 7.